The highest BCUT2D eigenvalue weighted by Gasteiger charge is 2.47. The lowest BCUT2D eigenvalue weighted by atomic mass is 10.0. The van der Waals surface area contributed by atoms with Crippen LogP contribution in [0.5, 0.6) is 0 Å². The number of carbonyl (C=O) groups excluding carboxylic acids is 4. The Morgan fingerprint density at radius 1 is 1.17 bits per heavy atom. The number of benzene rings is 1. The molecule has 2 aliphatic rings. The van der Waals surface area contributed by atoms with Gasteiger partial charge in [-0.2, -0.15) is 0 Å². The zero-order valence-corrected chi connectivity index (χ0v) is 12.0. The summed E-state index contributed by atoms with van der Waals surface area (Å²) >= 11 is 0. The highest BCUT2D eigenvalue weighted by atomic mass is 19.1. The number of carbonyl (C=O) groups is 4. The van der Waals surface area contributed by atoms with Crippen molar-refractivity contribution < 1.29 is 28.7 Å². The molecule has 0 spiro atoms. The van der Waals surface area contributed by atoms with Gasteiger partial charge in [-0.1, -0.05) is 6.07 Å². The summed E-state index contributed by atoms with van der Waals surface area (Å²) in [6.07, 6.45) is -0.0427. The van der Waals surface area contributed by atoms with E-state index in [1.165, 1.54) is 12.1 Å². The number of piperidine rings is 1. The average molecular weight is 320 g/mol. The van der Waals surface area contributed by atoms with Crippen LogP contribution in [0.4, 0.5) is 4.39 Å². The van der Waals surface area contributed by atoms with Crippen LogP contribution in [-0.4, -0.2) is 57.7 Å². The van der Waals surface area contributed by atoms with Crippen molar-refractivity contribution >= 4 is 23.6 Å². The standard InChI is InChI=1S/C15H13FN2O5/c16-9-3-1-2-8-12(9)15(23)18(13(8)21)10-4-5-11(20)17(6-7-19)14(10)22/h1-3,10,19H,4-7H2. The maximum absolute atomic E-state index is 13.8. The van der Waals surface area contributed by atoms with Crippen LogP contribution in [0.3, 0.4) is 0 Å². The molecule has 3 rings (SSSR count). The molecule has 1 aromatic rings. The molecule has 0 saturated carbocycles. The van der Waals surface area contributed by atoms with Gasteiger partial charge in [-0.25, -0.2) is 4.39 Å². The minimum atomic E-state index is -1.16. The minimum absolute atomic E-state index is 0.00726. The Kier molecular flexibility index (Phi) is 3.69. The van der Waals surface area contributed by atoms with Crippen molar-refractivity contribution in [2.24, 2.45) is 0 Å². The predicted octanol–water partition coefficient (Wildman–Crippen LogP) is -0.0684. The van der Waals surface area contributed by atoms with E-state index >= 15 is 0 Å². The van der Waals surface area contributed by atoms with Crippen molar-refractivity contribution in [3.63, 3.8) is 0 Å². The zero-order valence-electron chi connectivity index (χ0n) is 12.0. The number of likely N-dealkylation sites (tertiary alicyclic amines) is 1. The summed E-state index contributed by atoms with van der Waals surface area (Å²) in [6, 6.07) is 2.54. The number of β-amino-alcohol motifs (C(OH)–C–C–N with tert-alkyl or cyclic N) is 1. The van der Waals surface area contributed by atoms with E-state index in [1.54, 1.807) is 0 Å². The van der Waals surface area contributed by atoms with Crippen LogP contribution in [0.1, 0.15) is 33.6 Å². The molecule has 1 N–H and O–H groups in total. The van der Waals surface area contributed by atoms with Crippen LogP contribution in [-0.2, 0) is 9.59 Å². The van der Waals surface area contributed by atoms with Gasteiger partial charge in [0.1, 0.15) is 11.9 Å². The second-order valence-corrected chi connectivity index (χ2v) is 5.30. The Morgan fingerprint density at radius 3 is 2.57 bits per heavy atom. The van der Waals surface area contributed by atoms with E-state index in [9.17, 15) is 23.6 Å². The number of hydrogen-bond acceptors (Lipinski definition) is 5. The number of imide groups is 2. The van der Waals surface area contributed by atoms with Gasteiger partial charge in [0.25, 0.3) is 17.7 Å². The molecule has 1 atom stereocenters. The first-order valence-electron chi connectivity index (χ1n) is 7.09. The summed E-state index contributed by atoms with van der Waals surface area (Å²) in [5.41, 5.74) is -0.440. The molecular formula is C15H13FN2O5. The molecule has 2 aliphatic heterocycles. The molecule has 4 amide bonds. The molecule has 1 fully saturated rings. The molecule has 8 heteroatoms. The van der Waals surface area contributed by atoms with Gasteiger partial charge in [0.2, 0.25) is 5.91 Å². The SMILES string of the molecule is O=C1CCC(N2C(=O)c3cccc(F)c3C2=O)C(=O)N1CCO. The van der Waals surface area contributed by atoms with Crippen molar-refractivity contribution in [2.45, 2.75) is 18.9 Å². The van der Waals surface area contributed by atoms with E-state index in [-0.39, 0.29) is 30.5 Å². The summed E-state index contributed by atoms with van der Waals surface area (Å²) in [5, 5.41) is 8.94. The molecule has 1 unspecified atom stereocenters. The first-order chi connectivity index (χ1) is 11.0. The monoisotopic (exact) mass is 320 g/mol. The second kappa shape index (κ2) is 5.54. The lowest BCUT2D eigenvalue weighted by Crippen LogP contribution is -2.56. The number of aliphatic hydroxyl groups is 1. The molecule has 1 aromatic carbocycles. The Morgan fingerprint density at radius 2 is 1.91 bits per heavy atom. The fraction of sp³-hybridized carbons (Fsp3) is 0.333. The van der Waals surface area contributed by atoms with Crippen molar-refractivity contribution in [3.05, 3.63) is 35.1 Å². The molecular weight excluding hydrogens is 307 g/mol. The van der Waals surface area contributed by atoms with Crippen LogP contribution in [0, 0.1) is 5.82 Å². The van der Waals surface area contributed by atoms with E-state index in [0.29, 0.717) is 4.90 Å². The molecule has 23 heavy (non-hydrogen) atoms. The maximum Gasteiger partial charge on any atom is 0.265 e. The first-order valence-corrected chi connectivity index (χ1v) is 7.09. The van der Waals surface area contributed by atoms with Crippen LogP contribution < -0.4 is 0 Å². The van der Waals surface area contributed by atoms with Gasteiger partial charge in [-0.15, -0.1) is 0 Å². The van der Waals surface area contributed by atoms with E-state index in [4.69, 9.17) is 5.11 Å². The second-order valence-electron chi connectivity index (χ2n) is 5.30. The normalized spacial score (nSPS) is 21.2. The third-order valence-electron chi connectivity index (χ3n) is 4.01. The van der Waals surface area contributed by atoms with Gasteiger partial charge in [0.15, 0.2) is 0 Å². The zero-order chi connectivity index (χ0) is 16.7. The largest absolute Gasteiger partial charge is 0.395 e. The molecule has 0 aliphatic carbocycles. The summed E-state index contributed by atoms with van der Waals surface area (Å²) in [6.45, 7) is -0.618. The molecule has 2 heterocycles. The fourth-order valence-electron chi connectivity index (χ4n) is 2.94. The molecule has 120 valence electrons. The lowest BCUT2D eigenvalue weighted by molar-refractivity contribution is -0.152. The number of halogens is 1. The van der Waals surface area contributed by atoms with Crippen LogP contribution in [0.2, 0.25) is 0 Å². The Labute approximate surface area is 130 Å². The van der Waals surface area contributed by atoms with Crippen LogP contribution in [0.25, 0.3) is 0 Å². The Hall–Kier alpha value is -2.61. The van der Waals surface area contributed by atoms with E-state index in [0.717, 1.165) is 11.0 Å². The molecule has 0 radical (unpaired) electrons. The fourth-order valence-corrected chi connectivity index (χ4v) is 2.94. The van der Waals surface area contributed by atoms with Crippen molar-refractivity contribution in [2.75, 3.05) is 13.2 Å². The molecule has 0 bridgehead atoms. The summed E-state index contributed by atoms with van der Waals surface area (Å²) in [4.78, 5) is 50.4. The van der Waals surface area contributed by atoms with E-state index in [1.807, 2.05) is 0 Å². The van der Waals surface area contributed by atoms with Crippen LogP contribution in [0.15, 0.2) is 18.2 Å². The molecule has 0 aromatic heterocycles. The van der Waals surface area contributed by atoms with Crippen molar-refractivity contribution in [1.82, 2.24) is 9.80 Å². The number of amides is 4. The summed E-state index contributed by atoms with van der Waals surface area (Å²) in [7, 11) is 0. The summed E-state index contributed by atoms with van der Waals surface area (Å²) < 4.78 is 13.8. The van der Waals surface area contributed by atoms with Gasteiger partial charge in [-0.05, 0) is 18.6 Å². The van der Waals surface area contributed by atoms with E-state index in [2.05, 4.69) is 0 Å². The van der Waals surface area contributed by atoms with Gasteiger partial charge in [0, 0.05) is 6.42 Å². The summed E-state index contributed by atoms with van der Waals surface area (Å²) in [5.74, 6) is -3.65. The smallest absolute Gasteiger partial charge is 0.265 e. The first kappa shape index (κ1) is 15.3. The average Bonchev–Trinajstić information content (AvgIpc) is 2.77. The number of fused-ring (bicyclic) bond motifs is 1. The Balaban J connectivity index is 1.96. The molecule has 7 nitrogen and oxygen atoms in total. The van der Waals surface area contributed by atoms with Gasteiger partial charge in [-0.3, -0.25) is 29.0 Å². The van der Waals surface area contributed by atoms with E-state index < -0.39 is 42.1 Å². The van der Waals surface area contributed by atoms with Gasteiger partial charge in [0.05, 0.1) is 24.3 Å². The maximum atomic E-state index is 13.8. The number of rotatable bonds is 3. The van der Waals surface area contributed by atoms with Gasteiger partial charge >= 0.3 is 0 Å². The van der Waals surface area contributed by atoms with Gasteiger partial charge < -0.3 is 5.11 Å². The highest BCUT2D eigenvalue weighted by Crippen LogP contribution is 2.30. The van der Waals surface area contributed by atoms with Crippen LogP contribution >= 0.6 is 0 Å². The molecule has 1 saturated heterocycles. The quantitative estimate of drug-likeness (QED) is 0.787. The minimum Gasteiger partial charge on any atom is -0.395 e. The van der Waals surface area contributed by atoms with Crippen molar-refractivity contribution in [3.8, 4) is 0 Å². The third-order valence-corrected chi connectivity index (χ3v) is 4.01. The topological polar surface area (TPSA) is 95.0 Å². The highest BCUT2D eigenvalue weighted by molar-refractivity contribution is 6.23. The lowest BCUT2D eigenvalue weighted by Gasteiger charge is -2.34. The third kappa shape index (κ3) is 2.22. The van der Waals surface area contributed by atoms with Crippen molar-refractivity contribution in [1.29, 1.82) is 0 Å². The number of aliphatic hydroxyl groups excluding tert-OH is 1. The number of nitrogens with zero attached hydrogens (tertiary/aromatic N) is 2. The number of hydrogen-bond donors (Lipinski definition) is 1. The predicted molar refractivity (Wildman–Crippen MR) is 73.7 cm³/mol. The Bertz CT molecular complexity index is 733.